The molecule has 234 valence electrons. The van der Waals surface area contributed by atoms with Crippen LogP contribution in [0.5, 0.6) is 11.5 Å². The van der Waals surface area contributed by atoms with Crippen molar-refractivity contribution in [2.24, 2.45) is 0 Å². The fraction of sp³-hybridized carbons (Fsp3) is 0.0938. The summed E-state index contributed by atoms with van der Waals surface area (Å²) in [6.45, 7) is 7.17. The highest BCUT2D eigenvalue weighted by Gasteiger charge is 2.25. The van der Waals surface area contributed by atoms with E-state index in [-0.39, 0.29) is 24.3 Å². The van der Waals surface area contributed by atoms with Gasteiger partial charge in [0.25, 0.3) is 20.2 Å². The summed E-state index contributed by atoms with van der Waals surface area (Å²) in [6.07, 6.45) is 1.69. The quantitative estimate of drug-likeness (QED) is 0.0902. The minimum absolute atomic E-state index is 0.0356. The van der Waals surface area contributed by atoms with Crippen LogP contribution < -0.4 is 4.74 Å². The molecule has 0 bridgehead atoms. The van der Waals surface area contributed by atoms with E-state index in [1.807, 2.05) is 0 Å². The first-order valence-corrected chi connectivity index (χ1v) is 16.0. The predicted octanol–water partition coefficient (Wildman–Crippen LogP) is 5.82. The Kier molecular flexibility index (Phi) is 10.3. The molecule has 0 saturated carbocycles. The molecule has 0 saturated heterocycles. The summed E-state index contributed by atoms with van der Waals surface area (Å²) in [5.41, 5.74) is 2.79. The Hall–Kier alpha value is -4.63. The topological polar surface area (TPSA) is 174 Å². The summed E-state index contributed by atoms with van der Waals surface area (Å²) in [4.78, 5) is 10.9. The largest absolute Gasteiger partial charge is 0.457 e. The van der Waals surface area contributed by atoms with Gasteiger partial charge in [-0.3, -0.25) is 9.11 Å². The van der Waals surface area contributed by atoms with Crippen LogP contribution in [0.15, 0.2) is 108 Å². The molecule has 4 rings (SSSR count). The van der Waals surface area contributed by atoms with E-state index in [1.165, 1.54) is 6.07 Å². The van der Waals surface area contributed by atoms with Crippen LogP contribution in [0.2, 0.25) is 0 Å². The number of rotatable bonds is 13. The van der Waals surface area contributed by atoms with Gasteiger partial charge in [0.1, 0.15) is 27.9 Å². The lowest BCUT2D eigenvalue weighted by molar-refractivity contribution is -0.112. The van der Waals surface area contributed by atoms with E-state index in [9.17, 15) is 35.8 Å². The van der Waals surface area contributed by atoms with E-state index in [4.69, 9.17) is 14.2 Å². The van der Waals surface area contributed by atoms with Crippen LogP contribution >= 0.6 is 0 Å². The van der Waals surface area contributed by atoms with Crippen molar-refractivity contribution < 1.29 is 50.1 Å². The lowest BCUT2D eigenvalue weighted by Gasteiger charge is -2.16. The lowest BCUT2D eigenvalue weighted by atomic mass is 10.1. The summed E-state index contributed by atoms with van der Waals surface area (Å²) >= 11 is 0. The molecular formula is C32H28O11S2. The van der Waals surface area contributed by atoms with Gasteiger partial charge in [-0.05, 0) is 52.6 Å². The van der Waals surface area contributed by atoms with Crippen LogP contribution in [-0.4, -0.2) is 37.0 Å². The number of carbonyl (C=O) groups is 1. The molecule has 45 heavy (non-hydrogen) atoms. The molecule has 1 unspecified atom stereocenters. The molecule has 0 fully saturated rings. The number of hydrogen-bond acceptors (Lipinski definition) is 9. The number of hydrogen-bond donors (Lipinski definition) is 3. The van der Waals surface area contributed by atoms with Crippen molar-refractivity contribution >= 4 is 38.4 Å². The molecule has 0 amide bonds. The Balaban J connectivity index is 1.56. The first-order valence-electron chi connectivity index (χ1n) is 13.1. The molecule has 0 aromatic heterocycles. The second-order valence-corrected chi connectivity index (χ2v) is 12.3. The fourth-order valence-electron chi connectivity index (χ4n) is 4.01. The Morgan fingerprint density at radius 3 is 1.71 bits per heavy atom. The SMILES string of the molecule is C=Cc1ccc(COC(=O)c2ccc(Oc3ccc(C(O)OCc4ccc(C=C)cc4)cc3S(=O)(=O)O)c(S(=O)(=O)O)c2)cc1. The van der Waals surface area contributed by atoms with Crippen molar-refractivity contribution in [1.29, 1.82) is 0 Å². The molecular weight excluding hydrogens is 624 g/mol. The molecule has 0 radical (unpaired) electrons. The number of ether oxygens (including phenoxy) is 3. The van der Waals surface area contributed by atoms with Crippen LogP contribution in [0.25, 0.3) is 12.2 Å². The van der Waals surface area contributed by atoms with E-state index in [0.29, 0.717) is 11.1 Å². The number of carbonyl (C=O) groups excluding carboxylic acids is 1. The molecule has 0 spiro atoms. The minimum atomic E-state index is -5.01. The summed E-state index contributed by atoms with van der Waals surface area (Å²) in [7, 11) is -10.00. The van der Waals surface area contributed by atoms with E-state index in [1.54, 1.807) is 60.7 Å². The average molecular weight is 653 g/mol. The number of benzene rings is 4. The van der Waals surface area contributed by atoms with Crippen LogP contribution in [-0.2, 0) is 42.9 Å². The van der Waals surface area contributed by atoms with Crippen molar-refractivity contribution in [3.05, 3.63) is 131 Å². The maximum atomic E-state index is 12.6. The van der Waals surface area contributed by atoms with Gasteiger partial charge in [0, 0.05) is 5.56 Å². The van der Waals surface area contributed by atoms with Gasteiger partial charge < -0.3 is 19.3 Å². The zero-order valence-electron chi connectivity index (χ0n) is 23.6. The van der Waals surface area contributed by atoms with Crippen LogP contribution in [0.4, 0.5) is 0 Å². The highest BCUT2D eigenvalue weighted by atomic mass is 32.2. The van der Waals surface area contributed by atoms with Crippen molar-refractivity contribution in [3.63, 3.8) is 0 Å². The molecule has 0 aliphatic carbocycles. The van der Waals surface area contributed by atoms with Crippen molar-refractivity contribution in [2.75, 3.05) is 0 Å². The zero-order valence-corrected chi connectivity index (χ0v) is 25.2. The number of aliphatic hydroxyl groups is 1. The van der Waals surface area contributed by atoms with Gasteiger partial charge in [-0.2, -0.15) is 16.8 Å². The van der Waals surface area contributed by atoms with E-state index < -0.39 is 53.8 Å². The maximum Gasteiger partial charge on any atom is 0.338 e. The molecule has 4 aromatic carbocycles. The molecule has 11 nitrogen and oxygen atoms in total. The van der Waals surface area contributed by atoms with E-state index in [2.05, 4.69) is 13.2 Å². The van der Waals surface area contributed by atoms with E-state index >= 15 is 0 Å². The summed E-state index contributed by atoms with van der Waals surface area (Å²) in [5.74, 6) is -2.02. The molecule has 1 atom stereocenters. The normalized spacial score (nSPS) is 12.2. The number of aliphatic hydroxyl groups excluding tert-OH is 1. The Bertz CT molecular complexity index is 1930. The van der Waals surface area contributed by atoms with Gasteiger partial charge in [0.2, 0.25) is 0 Å². The molecule has 13 heteroatoms. The third-order valence-corrected chi connectivity index (χ3v) is 8.17. The van der Waals surface area contributed by atoms with Crippen molar-refractivity contribution in [2.45, 2.75) is 29.3 Å². The highest BCUT2D eigenvalue weighted by molar-refractivity contribution is 7.86. The van der Waals surface area contributed by atoms with Gasteiger partial charge in [-0.1, -0.05) is 79.9 Å². The molecule has 3 N–H and O–H groups in total. The first kappa shape index (κ1) is 33.3. The van der Waals surface area contributed by atoms with Crippen LogP contribution in [0.1, 0.15) is 44.5 Å². The van der Waals surface area contributed by atoms with Gasteiger partial charge >= 0.3 is 5.97 Å². The molecule has 4 aromatic rings. The standard InChI is InChI=1S/C32H28O11S2/c1-3-21-5-9-23(10-6-21)19-41-31(33)25-13-15-27(29(17-25)44(35,36)37)43-28-16-14-26(18-30(28)45(38,39)40)32(34)42-20-24-11-7-22(4-2)8-12-24/h3-18,31,33H,1-2,19-20H2,(H,35,36,37)(H,38,39,40). The van der Waals surface area contributed by atoms with Gasteiger partial charge in [0.05, 0.1) is 12.2 Å². The van der Waals surface area contributed by atoms with Crippen molar-refractivity contribution in [3.8, 4) is 11.5 Å². The highest BCUT2D eigenvalue weighted by Crippen LogP contribution is 2.35. The zero-order chi connectivity index (χ0) is 32.8. The Morgan fingerprint density at radius 1 is 0.711 bits per heavy atom. The molecule has 0 aliphatic heterocycles. The smallest absolute Gasteiger partial charge is 0.338 e. The van der Waals surface area contributed by atoms with E-state index in [0.717, 1.165) is 41.5 Å². The monoisotopic (exact) mass is 652 g/mol. The second-order valence-electron chi connectivity index (χ2n) is 9.55. The van der Waals surface area contributed by atoms with Gasteiger partial charge in [-0.25, -0.2) is 4.79 Å². The Morgan fingerprint density at radius 2 is 1.20 bits per heavy atom. The van der Waals surface area contributed by atoms with Gasteiger partial charge in [-0.15, -0.1) is 0 Å². The van der Waals surface area contributed by atoms with Crippen LogP contribution in [0.3, 0.4) is 0 Å². The first-order chi connectivity index (χ1) is 21.3. The summed E-state index contributed by atoms with van der Waals surface area (Å²) in [5, 5.41) is 10.5. The minimum Gasteiger partial charge on any atom is -0.457 e. The third-order valence-electron chi connectivity index (χ3n) is 6.42. The Labute approximate surface area is 260 Å². The average Bonchev–Trinajstić information content (AvgIpc) is 3.02. The summed E-state index contributed by atoms with van der Waals surface area (Å²) < 4.78 is 84.7. The predicted molar refractivity (Wildman–Crippen MR) is 165 cm³/mol. The van der Waals surface area contributed by atoms with Gasteiger partial charge in [0.15, 0.2) is 6.29 Å². The van der Waals surface area contributed by atoms with Crippen molar-refractivity contribution in [1.82, 2.24) is 0 Å². The second kappa shape index (κ2) is 14.0. The lowest BCUT2D eigenvalue weighted by Crippen LogP contribution is -2.10. The molecule has 0 heterocycles. The third kappa shape index (κ3) is 8.73. The summed E-state index contributed by atoms with van der Waals surface area (Å²) in [6, 6.07) is 20.2. The maximum absolute atomic E-state index is 12.6. The number of esters is 1. The van der Waals surface area contributed by atoms with Crippen LogP contribution in [0, 0.1) is 0 Å². The fourth-order valence-corrected chi connectivity index (χ4v) is 5.30. The molecule has 0 aliphatic rings.